The summed E-state index contributed by atoms with van der Waals surface area (Å²) >= 11 is 0. The highest BCUT2D eigenvalue weighted by atomic mass is 16.4. The SMILES string of the molecule is CC(NCCCCCC(=O)O)C1CCCC1. The summed E-state index contributed by atoms with van der Waals surface area (Å²) in [5, 5.41) is 12.1. The van der Waals surface area contributed by atoms with Crippen molar-refractivity contribution in [3.05, 3.63) is 0 Å². The number of carbonyl (C=O) groups is 1. The van der Waals surface area contributed by atoms with E-state index >= 15 is 0 Å². The zero-order chi connectivity index (χ0) is 11.8. The summed E-state index contributed by atoms with van der Waals surface area (Å²) in [4.78, 5) is 10.3. The fourth-order valence-electron chi connectivity index (χ4n) is 2.53. The van der Waals surface area contributed by atoms with Gasteiger partial charge < -0.3 is 10.4 Å². The van der Waals surface area contributed by atoms with E-state index in [1.807, 2.05) is 0 Å². The van der Waals surface area contributed by atoms with Crippen LogP contribution in [0.4, 0.5) is 0 Å². The van der Waals surface area contributed by atoms with Crippen molar-refractivity contribution in [2.24, 2.45) is 5.92 Å². The molecule has 1 atom stereocenters. The Labute approximate surface area is 98.6 Å². The highest BCUT2D eigenvalue weighted by Gasteiger charge is 2.20. The van der Waals surface area contributed by atoms with E-state index in [0.717, 1.165) is 31.7 Å². The van der Waals surface area contributed by atoms with Crippen molar-refractivity contribution < 1.29 is 9.90 Å². The normalized spacial score (nSPS) is 18.8. The summed E-state index contributed by atoms with van der Waals surface area (Å²) in [5.74, 6) is 0.200. The molecule has 94 valence electrons. The van der Waals surface area contributed by atoms with Crippen LogP contribution >= 0.6 is 0 Å². The van der Waals surface area contributed by atoms with Gasteiger partial charge in [0.25, 0.3) is 0 Å². The predicted molar refractivity (Wildman–Crippen MR) is 65.5 cm³/mol. The lowest BCUT2D eigenvalue weighted by atomic mass is 10.00. The maximum absolute atomic E-state index is 10.3. The van der Waals surface area contributed by atoms with Crippen LogP contribution in [0.15, 0.2) is 0 Å². The minimum atomic E-state index is -0.674. The van der Waals surface area contributed by atoms with Gasteiger partial charge in [-0.25, -0.2) is 0 Å². The van der Waals surface area contributed by atoms with Crippen molar-refractivity contribution in [1.29, 1.82) is 0 Å². The fraction of sp³-hybridized carbons (Fsp3) is 0.923. The summed E-state index contributed by atoms with van der Waals surface area (Å²) in [6, 6.07) is 0.641. The molecule has 0 amide bonds. The van der Waals surface area contributed by atoms with Gasteiger partial charge in [-0.3, -0.25) is 4.79 Å². The van der Waals surface area contributed by atoms with E-state index in [1.165, 1.54) is 25.7 Å². The molecule has 1 saturated carbocycles. The van der Waals surface area contributed by atoms with Crippen LogP contribution < -0.4 is 5.32 Å². The van der Waals surface area contributed by atoms with Crippen LogP contribution in [0, 0.1) is 5.92 Å². The van der Waals surface area contributed by atoms with E-state index in [2.05, 4.69) is 12.2 Å². The molecule has 1 aliphatic carbocycles. The largest absolute Gasteiger partial charge is 0.481 e. The molecule has 3 heteroatoms. The summed E-state index contributed by atoms with van der Waals surface area (Å²) in [6.07, 6.45) is 8.82. The van der Waals surface area contributed by atoms with Crippen LogP contribution in [-0.4, -0.2) is 23.7 Å². The van der Waals surface area contributed by atoms with E-state index in [0.29, 0.717) is 12.5 Å². The number of carboxylic acids is 1. The monoisotopic (exact) mass is 227 g/mol. The molecule has 0 bridgehead atoms. The summed E-state index contributed by atoms with van der Waals surface area (Å²) in [7, 11) is 0. The Bertz CT molecular complexity index is 200. The first-order chi connectivity index (χ1) is 7.70. The zero-order valence-electron chi connectivity index (χ0n) is 10.4. The van der Waals surface area contributed by atoms with Crippen LogP contribution in [-0.2, 0) is 4.79 Å². The van der Waals surface area contributed by atoms with Gasteiger partial charge in [-0.2, -0.15) is 0 Å². The Balaban J connectivity index is 1.92. The van der Waals surface area contributed by atoms with Gasteiger partial charge in [0.05, 0.1) is 0 Å². The molecule has 0 saturated heterocycles. The molecule has 0 radical (unpaired) electrons. The number of unbranched alkanes of at least 4 members (excludes halogenated alkanes) is 2. The van der Waals surface area contributed by atoms with Crippen molar-refractivity contribution in [1.82, 2.24) is 5.32 Å². The minimum Gasteiger partial charge on any atom is -0.481 e. The van der Waals surface area contributed by atoms with Gasteiger partial charge in [-0.05, 0) is 45.1 Å². The van der Waals surface area contributed by atoms with Crippen molar-refractivity contribution in [3.63, 3.8) is 0 Å². The topological polar surface area (TPSA) is 49.3 Å². The van der Waals surface area contributed by atoms with E-state index in [1.54, 1.807) is 0 Å². The third-order valence-corrected chi connectivity index (χ3v) is 3.64. The second-order valence-corrected chi connectivity index (χ2v) is 4.99. The Hall–Kier alpha value is -0.570. The fourth-order valence-corrected chi connectivity index (χ4v) is 2.53. The van der Waals surface area contributed by atoms with E-state index in [-0.39, 0.29) is 0 Å². The first-order valence-corrected chi connectivity index (χ1v) is 6.65. The lowest BCUT2D eigenvalue weighted by Crippen LogP contribution is -2.32. The van der Waals surface area contributed by atoms with Gasteiger partial charge >= 0.3 is 5.97 Å². The number of hydrogen-bond acceptors (Lipinski definition) is 2. The lowest BCUT2D eigenvalue weighted by molar-refractivity contribution is -0.137. The van der Waals surface area contributed by atoms with Gasteiger partial charge in [-0.1, -0.05) is 19.3 Å². The molecular weight excluding hydrogens is 202 g/mol. The molecule has 2 N–H and O–H groups in total. The minimum absolute atomic E-state index is 0.318. The summed E-state index contributed by atoms with van der Waals surface area (Å²) in [5.41, 5.74) is 0. The molecule has 0 heterocycles. The van der Waals surface area contributed by atoms with Gasteiger partial charge in [0.1, 0.15) is 0 Å². The smallest absolute Gasteiger partial charge is 0.303 e. The van der Waals surface area contributed by atoms with Gasteiger partial charge in [0, 0.05) is 12.5 Å². The number of hydrogen-bond donors (Lipinski definition) is 2. The molecular formula is C13H25NO2. The zero-order valence-corrected chi connectivity index (χ0v) is 10.4. The van der Waals surface area contributed by atoms with Crippen LogP contribution in [0.25, 0.3) is 0 Å². The number of rotatable bonds is 8. The van der Waals surface area contributed by atoms with Crippen molar-refractivity contribution in [2.75, 3.05) is 6.54 Å². The van der Waals surface area contributed by atoms with E-state index in [9.17, 15) is 4.79 Å². The lowest BCUT2D eigenvalue weighted by Gasteiger charge is -2.20. The quantitative estimate of drug-likeness (QED) is 0.627. The number of carboxylic acid groups (broad SMARTS) is 1. The second kappa shape index (κ2) is 7.66. The Morgan fingerprint density at radius 3 is 2.62 bits per heavy atom. The third-order valence-electron chi connectivity index (χ3n) is 3.64. The van der Waals surface area contributed by atoms with Crippen LogP contribution in [0.3, 0.4) is 0 Å². The van der Waals surface area contributed by atoms with Crippen LogP contribution in [0.2, 0.25) is 0 Å². The van der Waals surface area contributed by atoms with E-state index < -0.39 is 5.97 Å². The maximum atomic E-state index is 10.3. The number of aliphatic carboxylic acids is 1. The summed E-state index contributed by atoms with van der Waals surface area (Å²) in [6.45, 7) is 3.32. The molecule has 0 aromatic heterocycles. The first kappa shape index (κ1) is 13.5. The Morgan fingerprint density at radius 2 is 2.00 bits per heavy atom. The molecule has 0 aromatic carbocycles. The molecule has 1 rings (SSSR count). The van der Waals surface area contributed by atoms with Crippen molar-refractivity contribution in [3.8, 4) is 0 Å². The average Bonchev–Trinajstić information content (AvgIpc) is 2.75. The average molecular weight is 227 g/mol. The molecule has 0 aliphatic heterocycles. The van der Waals surface area contributed by atoms with E-state index in [4.69, 9.17) is 5.11 Å². The molecule has 1 unspecified atom stereocenters. The molecule has 16 heavy (non-hydrogen) atoms. The molecule has 3 nitrogen and oxygen atoms in total. The standard InChI is InChI=1S/C13H25NO2/c1-11(12-7-4-5-8-12)14-10-6-2-3-9-13(15)16/h11-12,14H,2-10H2,1H3,(H,15,16). The molecule has 1 fully saturated rings. The predicted octanol–water partition coefficient (Wildman–Crippen LogP) is 2.80. The van der Waals surface area contributed by atoms with Crippen molar-refractivity contribution >= 4 is 5.97 Å². The summed E-state index contributed by atoms with van der Waals surface area (Å²) < 4.78 is 0. The van der Waals surface area contributed by atoms with Crippen LogP contribution in [0.1, 0.15) is 58.3 Å². The van der Waals surface area contributed by atoms with Gasteiger partial charge in [-0.15, -0.1) is 0 Å². The molecule has 0 aromatic rings. The molecule has 1 aliphatic rings. The van der Waals surface area contributed by atoms with Gasteiger partial charge in [0.2, 0.25) is 0 Å². The van der Waals surface area contributed by atoms with Gasteiger partial charge in [0.15, 0.2) is 0 Å². The third kappa shape index (κ3) is 5.50. The first-order valence-electron chi connectivity index (χ1n) is 6.65. The Kier molecular flexibility index (Phi) is 6.46. The maximum Gasteiger partial charge on any atom is 0.303 e. The van der Waals surface area contributed by atoms with Crippen LogP contribution in [0.5, 0.6) is 0 Å². The second-order valence-electron chi connectivity index (χ2n) is 4.99. The highest BCUT2D eigenvalue weighted by molar-refractivity contribution is 5.66. The highest BCUT2D eigenvalue weighted by Crippen LogP contribution is 2.27. The Morgan fingerprint density at radius 1 is 1.31 bits per heavy atom. The van der Waals surface area contributed by atoms with Crippen molar-refractivity contribution in [2.45, 2.75) is 64.3 Å². The number of nitrogens with one attached hydrogen (secondary N) is 1. The molecule has 0 spiro atoms.